The summed E-state index contributed by atoms with van der Waals surface area (Å²) in [7, 11) is 1.64. The Labute approximate surface area is 225 Å². The van der Waals surface area contributed by atoms with Gasteiger partial charge in [0.1, 0.15) is 11.7 Å². The van der Waals surface area contributed by atoms with E-state index in [1.807, 2.05) is 0 Å². The topological polar surface area (TPSA) is 130 Å². The maximum absolute atomic E-state index is 15.2. The molecule has 14 heteroatoms. The van der Waals surface area contributed by atoms with Crippen molar-refractivity contribution in [2.24, 2.45) is 0 Å². The van der Waals surface area contributed by atoms with Gasteiger partial charge in [0.2, 0.25) is 0 Å². The predicted molar refractivity (Wildman–Crippen MR) is 139 cm³/mol. The number of morpholine rings is 1. The zero-order valence-electron chi connectivity index (χ0n) is 20.9. The van der Waals surface area contributed by atoms with Crippen molar-refractivity contribution in [1.82, 2.24) is 14.8 Å². The number of carbonyl (C=O) groups excluding carboxylic acids is 2. The van der Waals surface area contributed by atoms with Crippen LogP contribution in [0.5, 0.6) is 0 Å². The SMILES string of the molecule is CNc1cncc(C(=O)N2CC(Nc3c(C(=O)N4C[C@@H](C)O[C@@H](C)C4)cc(Br)cc3[N+](=O)[O-])C(F)(F)C2)c1. The molecule has 1 unspecified atom stereocenters. The number of pyridine rings is 1. The minimum Gasteiger partial charge on any atom is -0.387 e. The second-order valence-corrected chi connectivity index (χ2v) is 10.3. The molecule has 0 radical (unpaired) electrons. The Kier molecular flexibility index (Phi) is 7.83. The third-order valence-corrected chi connectivity index (χ3v) is 6.87. The fraction of sp³-hybridized carbons (Fsp3) is 0.458. The maximum atomic E-state index is 15.2. The average molecular weight is 597 g/mol. The number of amides is 2. The summed E-state index contributed by atoms with van der Waals surface area (Å²) < 4.78 is 36.3. The van der Waals surface area contributed by atoms with E-state index in [1.165, 1.54) is 29.4 Å². The third-order valence-electron chi connectivity index (χ3n) is 6.41. The van der Waals surface area contributed by atoms with Crippen molar-refractivity contribution in [2.75, 3.05) is 43.9 Å². The molecule has 204 valence electrons. The molecule has 3 atom stereocenters. The molecule has 2 aliphatic heterocycles. The van der Waals surface area contributed by atoms with Gasteiger partial charge in [-0.2, -0.15) is 0 Å². The van der Waals surface area contributed by atoms with Gasteiger partial charge in [0.25, 0.3) is 23.4 Å². The highest BCUT2D eigenvalue weighted by Gasteiger charge is 2.51. The second kappa shape index (κ2) is 10.8. The summed E-state index contributed by atoms with van der Waals surface area (Å²) in [6, 6.07) is 2.33. The Morgan fingerprint density at radius 3 is 2.45 bits per heavy atom. The first-order valence-electron chi connectivity index (χ1n) is 11.9. The van der Waals surface area contributed by atoms with E-state index in [4.69, 9.17) is 4.74 Å². The molecule has 2 saturated heterocycles. The Bertz CT molecular complexity index is 1250. The number of nitro benzene ring substituents is 1. The minimum atomic E-state index is -3.44. The van der Waals surface area contributed by atoms with Gasteiger partial charge in [-0.05, 0) is 26.0 Å². The van der Waals surface area contributed by atoms with Gasteiger partial charge >= 0.3 is 0 Å². The number of aromatic nitrogens is 1. The van der Waals surface area contributed by atoms with E-state index in [2.05, 4.69) is 31.5 Å². The molecule has 38 heavy (non-hydrogen) atoms. The zero-order valence-corrected chi connectivity index (χ0v) is 22.5. The number of carbonyl (C=O) groups is 2. The number of anilines is 2. The molecule has 11 nitrogen and oxygen atoms in total. The molecule has 0 bridgehead atoms. The summed E-state index contributed by atoms with van der Waals surface area (Å²) >= 11 is 3.19. The highest BCUT2D eigenvalue weighted by Crippen LogP contribution is 2.38. The first kappa shape index (κ1) is 27.6. The van der Waals surface area contributed by atoms with Crippen LogP contribution in [0.25, 0.3) is 0 Å². The second-order valence-electron chi connectivity index (χ2n) is 9.43. The van der Waals surface area contributed by atoms with Gasteiger partial charge in [-0.15, -0.1) is 0 Å². The Balaban J connectivity index is 1.66. The lowest BCUT2D eigenvalue weighted by atomic mass is 10.1. The van der Waals surface area contributed by atoms with Crippen LogP contribution in [0.1, 0.15) is 34.6 Å². The van der Waals surface area contributed by atoms with Crippen LogP contribution >= 0.6 is 15.9 Å². The van der Waals surface area contributed by atoms with Crippen molar-refractivity contribution in [2.45, 2.75) is 38.0 Å². The van der Waals surface area contributed by atoms with Crippen LogP contribution in [0, 0.1) is 10.1 Å². The van der Waals surface area contributed by atoms with Gasteiger partial charge in [0.15, 0.2) is 0 Å². The zero-order chi connectivity index (χ0) is 27.8. The van der Waals surface area contributed by atoms with Gasteiger partial charge in [0.05, 0.1) is 40.5 Å². The summed E-state index contributed by atoms with van der Waals surface area (Å²) in [5.74, 6) is -4.65. The minimum absolute atomic E-state index is 0.120. The van der Waals surface area contributed by atoms with E-state index in [0.717, 1.165) is 11.0 Å². The molecule has 4 rings (SSSR count). The number of rotatable bonds is 6. The molecule has 1 aromatic heterocycles. The fourth-order valence-corrected chi connectivity index (χ4v) is 5.16. The van der Waals surface area contributed by atoms with Crippen LogP contribution in [0.4, 0.5) is 25.8 Å². The molecule has 2 amide bonds. The number of nitrogens with zero attached hydrogens (tertiary/aromatic N) is 4. The number of hydrogen-bond acceptors (Lipinski definition) is 8. The van der Waals surface area contributed by atoms with Crippen LogP contribution in [0.15, 0.2) is 35.1 Å². The van der Waals surface area contributed by atoms with Crippen LogP contribution in [0.2, 0.25) is 0 Å². The molecule has 2 aliphatic rings. The van der Waals surface area contributed by atoms with Gasteiger partial charge in [-0.3, -0.25) is 24.7 Å². The van der Waals surface area contributed by atoms with E-state index in [9.17, 15) is 19.7 Å². The van der Waals surface area contributed by atoms with E-state index in [1.54, 1.807) is 20.9 Å². The highest BCUT2D eigenvalue weighted by atomic mass is 79.9. The van der Waals surface area contributed by atoms with Gasteiger partial charge in [-0.25, -0.2) is 8.78 Å². The standard InChI is InChI=1S/C24H27BrF2N6O5/c1-13-9-31(10-14(2)38-13)23(35)18-5-16(25)6-19(33(36)37)21(18)30-20-11-32(12-24(20,26)27)22(34)15-4-17(28-3)8-29-7-15/h4-8,13-14,20,28,30H,9-12H2,1-3H3/t13-,14+,20?. The number of benzene rings is 1. The van der Waals surface area contributed by atoms with E-state index in [-0.39, 0.29) is 46.6 Å². The molecule has 2 fully saturated rings. The molecule has 3 heterocycles. The molecule has 2 N–H and O–H groups in total. The lowest BCUT2D eigenvalue weighted by Gasteiger charge is -2.35. The van der Waals surface area contributed by atoms with Gasteiger partial charge in [-0.1, -0.05) is 15.9 Å². The maximum Gasteiger partial charge on any atom is 0.294 e. The van der Waals surface area contributed by atoms with Crippen LogP contribution < -0.4 is 10.6 Å². The number of likely N-dealkylation sites (tertiary alicyclic amines) is 1. The van der Waals surface area contributed by atoms with Crippen molar-refractivity contribution in [1.29, 1.82) is 0 Å². The predicted octanol–water partition coefficient (Wildman–Crippen LogP) is 3.62. The molecule has 0 aliphatic carbocycles. The molecule has 1 aromatic carbocycles. The fourth-order valence-electron chi connectivity index (χ4n) is 4.71. The summed E-state index contributed by atoms with van der Waals surface area (Å²) in [5.41, 5.74) is -0.332. The lowest BCUT2D eigenvalue weighted by molar-refractivity contribution is -0.384. The Morgan fingerprint density at radius 1 is 1.13 bits per heavy atom. The van der Waals surface area contributed by atoms with Crippen LogP contribution in [0.3, 0.4) is 0 Å². The monoisotopic (exact) mass is 596 g/mol. The number of hydrogen-bond donors (Lipinski definition) is 2. The molecular formula is C24H27BrF2N6O5. The Morgan fingerprint density at radius 2 is 1.82 bits per heavy atom. The van der Waals surface area contributed by atoms with Gasteiger partial charge < -0.3 is 25.2 Å². The summed E-state index contributed by atoms with van der Waals surface area (Å²) in [4.78, 5) is 44.1. The van der Waals surface area contributed by atoms with Gasteiger partial charge in [0, 0.05) is 49.6 Å². The normalized spacial score (nSPS) is 22.7. The smallest absolute Gasteiger partial charge is 0.294 e. The van der Waals surface area contributed by atoms with Crippen LogP contribution in [-0.4, -0.2) is 88.9 Å². The largest absolute Gasteiger partial charge is 0.387 e. The quantitative estimate of drug-likeness (QED) is 0.382. The highest BCUT2D eigenvalue weighted by molar-refractivity contribution is 9.10. The Hall–Kier alpha value is -3.39. The van der Waals surface area contributed by atoms with Crippen molar-refractivity contribution in [3.05, 3.63) is 56.3 Å². The molecule has 2 aromatic rings. The molecule has 0 spiro atoms. The van der Waals surface area contributed by atoms with Crippen molar-refractivity contribution >= 4 is 44.8 Å². The number of nitrogens with one attached hydrogen (secondary N) is 2. The van der Waals surface area contributed by atoms with Crippen molar-refractivity contribution in [3.63, 3.8) is 0 Å². The van der Waals surface area contributed by atoms with Crippen molar-refractivity contribution in [3.8, 4) is 0 Å². The third kappa shape index (κ3) is 5.70. The number of ether oxygens (including phenoxy) is 1. The number of halogens is 3. The lowest BCUT2D eigenvalue weighted by Crippen LogP contribution is -2.48. The average Bonchev–Trinajstić information content (AvgIpc) is 3.16. The molecule has 0 saturated carbocycles. The number of alkyl halides is 2. The summed E-state index contributed by atoms with van der Waals surface area (Å²) in [6.07, 6.45) is 2.23. The van der Waals surface area contributed by atoms with Crippen LogP contribution in [-0.2, 0) is 4.74 Å². The molecular weight excluding hydrogens is 570 g/mol. The number of nitro groups is 1. The van der Waals surface area contributed by atoms with E-state index < -0.39 is 47.5 Å². The van der Waals surface area contributed by atoms with E-state index in [0.29, 0.717) is 5.69 Å². The van der Waals surface area contributed by atoms with E-state index >= 15 is 8.78 Å². The first-order valence-corrected chi connectivity index (χ1v) is 12.7. The summed E-state index contributed by atoms with van der Waals surface area (Å²) in [5, 5.41) is 17.3. The first-order chi connectivity index (χ1) is 17.9. The summed E-state index contributed by atoms with van der Waals surface area (Å²) in [6.45, 7) is 2.73. The van der Waals surface area contributed by atoms with Crippen molar-refractivity contribution < 1.29 is 28.0 Å².